The Balaban J connectivity index is 1.32. The van der Waals surface area contributed by atoms with E-state index in [0.29, 0.717) is 0 Å². The topological polar surface area (TPSA) is 66.2 Å². The van der Waals surface area contributed by atoms with Crippen LogP contribution >= 0.6 is 23.5 Å². The van der Waals surface area contributed by atoms with Gasteiger partial charge >= 0.3 is 0 Å². The molecule has 2 N–H and O–H groups in total. The molecule has 2 aromatic rings. The van der Waals surface area contributed by atoms with Crippen molar-refractivity contribution in [3.63, 3.8) is 0 Å². The maximum Gasteiger partial charge on any atom is 0.184 e. The van der Waals surface area contributed by atoms with Gasteiger partial charge in [0.05, 0.1) is 24.0 Å². The minimum atomic E-state index is 0.816. The summed E-state index contributed by atoms with van der Waals surface area (Å²) in [6.45, 7) is 2.74. The molecule has 1 saturated carbocycles. The van der Waals surface area contributed by atoms with Crippen LogP contribution in [0.15, 0.2) is 16.5 Å². The fraction of sp³-hybridized carbons (Fsp3) is 0.647. The van der Waals surface area contributed by atoms with E-state index in [1.54, 1.807) is 0 Å². The summed E-state index contributed by atoms with van der Waals surface area (Å²) in [5.74, 6) is 6.57. The van der Waals surface area contributed by atoms with Crippen LogP contribution in [-0.4, -0.2) is 46.6 Å². The molecule has 1 aliphatic rings. The quantitative estimate of drug-likeness (QED) is 0.575. The molecule has 8 heteroatoms. The van der Waals surface area contributed by atoms with E-state index in [1.807, 2.05) is 25.9 Å². The van der Waals surface area contributed by atoms with Gasteiger partial charge in [0.25, 0.3) is 0 Å². The maximum absolute atomic E-state index is 5.82. The van der Waals surface area contributed by atoms with E-state index < -0.39 is 0 Å². The zero-order valence-electron chi connectivity index (χ0n) is 15.0. The first-order chi connectivity index (χ1) is 12.2. The van der Waals surface area contributed by atoms with Gasteiger partial charge in [-0.3, -0.25) is 0 Å². The lowest BCUT2D eigenvalue weighted by atomic mass is 9.85. The number of rotatable bonds is 11. The lowest BCUT2D eigenvalue weighted by molar-refractivity contribution is 0.333. The molecule has 0 aliphatic heterocycles. The number of furan rings is 1. The van der Waals surface area contributed by atoms with Crippen molar-refractivity contribution in [1.29, 1.82) is 0 Å². The van der Waals surface area contributed by atoms with E-state index in [-0.39, 0.29) is 0 Å². The van der Waals surface area contributed by atoms with Crippen molar-refractivity contribution in [2.45, 2.75) is 31.6 Å². The predicted octanol–water partition coefficient (Wildman–Crippen LogP) is 3.75. The van der Waals surface area contributed by atoms with Crippen LogP contribution < -0.4 is 10.6 Å². The van der Waals surface area contributed by atoms with Crippen molar-refractivity contribution in [3.8, 4) is 0 Å². The highest BCUT2D eigenvalue weighted by Gasteiger charge is 2.18. The highest BCUT2D eigenvalue weighted by atomic mass is 32.2. The minimum absolute atomic E-state index is 0.816. The van der Waals surface area contributed by atoms with Crippen LogP contribution in [0.25, 0.3) is 0 Å². The predicted molar refractivity (Wildman–Crippen MR) is 106 cm³/mol. The van der Waals surface area contributed by atoms with Gasteiger partial charge in [-0.25, -0.2) is 0 Å². The first-order valence-electron chi connectivity index (χ1n) is 8.81. The Hall–Kier alpha value is -1.25. The molecule has 6 nitrogen and oxygen atoms in total. The largest absolute Gasteiger partial charge is 0.464 e. The molecule has 0 unspecified atom stereocenters. The molecule has 0 saturated heterocycles. The van der Waals surface area contributed by atoms with Crippen molar-refractivity contribution < 1.29 is 4.42 Å². The van der Waals surface area contributed by atoms with Gasteiger partial charge in [0, 0.05) is 18.8 Å². The van der Waals surface area contributed by atoms with Crippen molar-refractivity contribution in [3.05, 3.63) is 23.7 Å². The molecular weight excluding hydrogens is 354 g/mol. The summed E-state index contributed by atoms with van der Waals surface area (Å²) >= 11 is 3.12. The fourth-order valence-electron chi connectivity index (χ4n) is 2.67. The van der Waals surface area contributed by atoms with Gasteiger partial charge in [-0.15, -0.1) is 0 Å². The third-order valence-electron chi connectivity index (χ3n) is 4.24. The summed E-state index contributed by atoms with van der Waals surface area (Å²) in [6, 6.07) is 4.14. The van der Waals surface area contributed by atoms with Crippen LogP contribution in [0, 0.1) is 5.92 Å². The van der Waals surface area contributed by atoms with Crippen LogP contribution in [0.1, 0.15) is 30.8 Å². The van der Waals surface area contributed by atoms with Crippen LogP contribution in [0.2, 0.25) is 0 Å². The molecular formula is C17H27N5OS2. The van der Waals surface area contributed by atoms with E-state index in [4.69, 9.17) is 4.42 Å². The first kappa shape index (κ1) is 18.5. The number of thioether (sulfide) groups is 1. The Kier molecular flexibility index (Phi) is 7.01. The highest BCUT2D eigenvalue weighted by Crippen LogP contribution is 2.27. The second-order valence-electron chi connectivity index (χ2n) is 6.72. The van der Waals surface area contributed by atoms with Gasteiger partial charge in [0.15, 0.2) is 11.6 Å². The van der Waals surface area contributed by atoms with Crippen LogP contribution in [0.4, 0.5) is 11.6 Å². The third kappa shape index (κ3) is 5.90. The number of hydrogen-bond donors (Lipinski definition) is 2. The van der Waals surface area contributed by atoms with Crippen LogP contribution in [0.5, 0.6) is 0 Å². The number of nitrogens with one attached hydrogen (secondary N) is 2. The molecule has 138 valence electrons. The first-order valence-corrected chi connectivity index (χ1v) is 10.7. The third-order valence-corrected chi connectivity index (χ3v) is 5.75. The van der Waals surface area contributed by atoms with Gasteiger partial charge in [-0.2, -0.15) is 20.5 Å². The summed E-state index contributed by atoms with van der Waals surface area (Å²) < 4.78 is 14.5. The zero-order valence-corrected chi connectivity index (χ0v) is 16.6. The number of anilines is 2. The van der Waals surface area contributed by atoms with E-state index >= 15 is 0 Å². The molecule has 2 heterocycles. The van der Waals surface area contributed by atoms with Gasteiger partial charge in [-0.1, -0.05) is 6.42 Å². The fourth-order valence-corrected chi connectivity index (χ4v) is 3.92. The lowest BCUT2D eigenvalue weighted by Gasteiger charge is -2.25. The molecule has 0 amide bonds. The summed E-state index contributed by atoms with van der Waals surface area (Å²) in [6.07, 6.45) is 4.05. The Morgan fingerprint density at radius 2 is 1.96 bits per heavy atom. The van der Waals surface area contributed by atoms with Gasteiger partial charge < -0.3 is 20.0 Å². The summed E-state index contributed by atoms with van der Waals surface area (Å²) in [4.78, 5) is 2.11. The Labute approximate surface area is 158 Å². The lowest BCUT2D eigenvalue weighted by Crippen LogP contribution is -2.21. The van der Waals surface area contributed by atoms with E-state index in [0.717, 1.165) is 60.2 Å². The molecule has 1 fully saturated rings. The van der Waals surface area contributed by atoms with E-state index in [9.17, 15) is 0 Å². The van der Waals surface area contributed by atoms with E-state index in [2.05, 4.69) is 36.4 Å². The molecule has 0 spiro atoms. The van der Waals surface area contributed by atoms with E-state index in [1.165, 1.54) is 31.0 Å². The van der Waals surface area contributed by atoms with Crippen LogP contribution in [0.3, 0.4) is 0 Å². The van der Waals surface area contributed by atoms with Gasteiger partial charge in [-0.05, 0) is 45.0 Å². The number of hydrogen-bond acceptors (Lipinski definition) is 8. The van der Waals surface area contributed by atoms with Gasteiger partial charge in [0.2, 0.25) is 0 Å². The van der Waals surface area contributed by atoms with Crippen molar-refractivity contribution in [1.82, 2.24) is 13.6 Å². The molecule has 1 aliphatic carbocycles. The van der Waals surface area contributed by atoms with Crippen molar-refractivity contribution >= 4 is 35.1 Å². The number of aromatic nitrogens is 2. The minimum Gasteiger partial charge on any atom is -0.464 e. The summed E-state index contributed by atoms with van der Waals surface area (Å²) in [5.41, 5.74) is 0. The Morgan fingerprint density at radius 1 is 1.20 bits per heavy atom. The van der Waals surface area contributed by atoms with Crippen molar-refractivity contribution in [2.75, 3.05) is 43.6 Å². The monoisotopic (exact) mass is 381 g/mol. The molecule has 3 rings (SSSR count). The Morgan fingerprint density at radius 3 is 2.68 bits per heavy atom. The SMILES string of the molecule is CN(C)Cc1ccc(CSCCNc2nsnc2NCC2CCC2)o1. The average molecular weight is 382 g/mol. The second-order valence-corrected chi connectivity index (χ2v) is 8.36. The molecule has 0 radical (unpaired) electrons. The second kappa shape index (κ2) is 9.45. The maximum atomic E-state index is 5.82. The smallest absolute Gasteiger partial charge is 0.184 e. The van der Waals surface area contributed by atoms with Crippen molar-refractivity contribution in [2.24, 2.45) is 5.92 Å². The normalized spacial score (nSPS) is 14.7. The molecule has 2 aromatic heterocycles. The zero-order chi connectivity index (χ0) is 17.5. The molecule has 0 aromatic carbocycles. The standard InChI is InChI=1S/C17H27N5OS2/c1-22(2)11-14-6-7-15(23-14)12-24-9-8-18-16-17(21-25-20-16)19-10-13-4-3-5-13/h6-7,13H,3-5,8-12H2,1-2H3,(H,18,20)(H,19,21). The van der Waals surface area contributed by atoms with Crippen LogP contribution in [-0.2, 0) is 12.3 Å². The summed E-state index contributed by atoms with van der Waals surface area (Å²) in [7, 11) is 4.09. The Bertz CT molecular complexity index is 639. The number of nitrogens with zero attached hydrogens (tertiary/aromatic N) is 3. The average Bonchev–Trinajstić information content (AvgIpc) is 3.14. The molecule has 25 heavy (non-hydrogen) atoms. The highest BCUT2D eigenvalue weighted by molar-refractivity contribution is 7.98. The molecule has 0 atom stereocenters. The molecule has 0 bridgehead atoms. The van der Waals surface area contributed by atoms with Gasteiger partial charge in [0.1, 0.15) is 11.5 Å². The summed E-state index contributed by atoms with van der Waals surface area (Å²) in [5, 5.41) is 6.82.